The highest BCUT2D eigenvalue weighted by Crippen LogP contribution is 2.39. The molecule has 1 fully saturated rings. The number of rotatable bonds is 2. The highest BCUT2D eigenvalue weighted by Gasteiger charge is 2.34. The first-order valence-electron chi connectivity index (χ1n) is 5.75. The van der Waals surface area contributed by atoms with Gasteiger partial charge in [-0.15, -0.1) is 0 Å². The number of aromatic nitrogens is 2. The van der Waals surface area contributed by atoms with E-state index in [1.54, 1.807) is 6.20 Å². The number of hydrogen-bond donors (Lipinski definition) is 1. The monoisotopic (exact) mass is 239 g/mol. The lowest BCUT2D eigenvalue weighted by molar-refractivity contribution is 0.349. The number of nitrogens with zero attached hydrogens (tertiary/aromatic N) is 2. The van der Waals surface area contributed by atoms with E-state index in [0.717, 1.165) is 11.4 Å². The third-order valence-corrected chi connectivity index (χ3v) is 3.69. The average molecular weight is 240 g/mol. The molecule has 1 aromatic heterocycles. The van der Waals surface area contributed by atoms with Crippen LogP contribution in [0.1, 0.15) is 38.7 Å². The highest BCUT2D eigenvalue weighted by atomic mass is 35.5. The molecule has 1 aromatic rings. The van der Waals surface area contributed by atoms with Crippen molar-refractivity contribution in [2.45, 2.75) is 46.1 Å². The van der Waals surface area contributed by atoms with Gasteiger partial charge in [0.1, 0.15) is 5.82 Å². The maximum atomic E-state index is 5.81. The first kappa shape index (κ1) is 11.6. The van der Waals surface area contributed by atoms with Crippen molar-refractivity contribution in [1.29, 1.82) is 0 Å². The molecule has 0 aromatic carbocycles. The Bertz CT molecular complexity index is 390. The summed E-state index contributed by atoms with van der Waals surface area (Å²) in [5.74, 6) is 0.875. The Balaban J connectivity index is 2.17. The molecule has 1 atom stereocenters. The molecular weight excluding hydrogens is 222 g/mol. The van der Waals surface area contributed by atoms with Crippen LogP contribution in [-0.4, -0.2) is 16.0 Å². The third kappa shape index (κ3) is 2.29. The molecule has 0 aliphatic heterocycles. The molecule has 0 saturated heterocycles. The van der Waals surface area contributed by atoms with Crippen molar-refractivity contribution in [3.05, 3.63) is 17.0 Å². The molecule has 0 radical (unpaired) electrons. The fourth-order valence-electron chi connectivity index (χ4n) is 2.33. The lowest BCUT2D eigenvalue weighted by atomic mass is 9.87. The number of hydrogen-bond acceptors (Lipinski definition) is 3. The SMILES string of the molecule is Cc1cnc(Cl)nc1NC1CCCC1(C)C. The van der Waals surface area contributed by atoms with Gasteiger partial charge in [0.2, 0.25) is 5.28 Å². The summed E-state index contributed by atoms with van der Waals surface area (Å²) >= 11 is 5.81. The maximum Gasteiger partial charge on any atom is 0.224 e. The van der Waals surface area contributed by atoms with Crippen LogP contribution in [0.4, 0.5) is 5.82 Å². The topological polar surface area (TPSA) is 37.8 Å². The van der Waals surface area contributed by atoms with Gasteiger partial charge in [-0.1, -0.05) is 20.3 Å². The predicted octanol–water partition coefficient (Wildman–Crippen LogP) is 3.43. The van der Waals surface area contributed by atoms with Crippen LogP contribution < -0.4 is 5.32 Å². The fraction of sp³-hybridized carbons (Fsp3) is 0.667. The van der Waals surface area contributed by atoms with Crippen molar-refractivity contribution in [2.24, 2.45) is 5.41 Å². The minimum absolute atomic E-state index is 0.309. The van der Waals surface area contributed by atoms with Gasteiger partial charge in [-0.25, -0.2) is 9.97 Å². The molecule has 1 N–H and O–H groups in total. The summed E-state index contributed by atoms with van der Waals surface area (Å²) in [6.07, 6.45) is 5.51. The Morgan fingerprint density at radius 2 is 2.25 bits per heavy atom. The smallest absolute Gasteiger partial charge is 0.224 e. The molecule has 1 unspecified atom stereocenters. The Hall–Kier alpha value is -0.830. The van der Waals surface area contributed by atoms with E-state index in [2.05, 4.69) is 29.1 Å². The van der Waals surface area contributed by atoms with Crippen molar-refractivity contribution in [3.63, 3.8) is 0 Å². The first-order valence-corrected chi connectivity index (χ1v) is 6.12. The summed E-state index contributed by atoms with van der Waals surface area (Å²) in [4.78, 5) is 8.21. The number of halogens is 1. The van der Waals surface area contributed by atoms with Crippen LogP contribution in [0.15, 0.2) is 6.20 Å². The van der Waals surface area contributed by atoms with Gasteiger partial charge in [0, 0.05) is 17.8 Å². The molecule has 4 heteroatoms. The molecule has 1 heterocycles. The molecule has 16 heavy (non-hydrogen) atoms. The van der Waals surface area contributed by atoms with Crippen LogP contribution in [0.3, 0.4) is 0 Å². The van der Waals surface area contributed by atoms with Crippen LogP contribution in [0.2, 0.25) is 5.28 Å². The van der Waals surface area contributed by atoms with Crippen LogP contribution >= 0.6 is 11.6 Å². The standard InChI is InChI=1S/C12H18ClN3/c1-8-7-14-11(13)16-10(8)15-9-5-4-6-12(9,2)3/h7,9H,4-6H2,1-3H3,(H,14,15,16). The van der Waals surface area contributed by atoms with Gasteiger partial charge >= 0.3 is 0 Å². The number of aryl methyl sites for hydroxylation is 1. The summed E-state index contributed by atoms with van der Waals surface area (Å²) in [5.41, 5.74) is 1.39. The minimum Gasteiger partial charge on any atom is -0.366 e. The molecular formula is C12H18ClN3. The molecule has 1 aliphatic rings. The second-order valence-corrected chi connectivity index (χ2v) is 5.59. The summed E-state index contributed by atoms with van der Waals surface area (Å²) in [6, 6.07) is 0.483. The summed E-state index contributed by atoms with van der Waals surface area (Å²) in [6.45, 7) is 6.60. The van der Waals surface area contributed by atoms with Gasteiger partial charge in [0.15, 0.2) is 0 Å². The van der Waals surface area contributed by atoms with Gasteiger partial charge in [-0.05, 0) is 36.8 Å². The Kier molecular flexibility index (Phi) is 3.06. The van der Waals surface area contributed by atoms with Gasteiger partial charge in [-0.2, -0.15) is 0 Å². The van der Waals surface area contributed by atoms with Crippen molar-refractivity contribution in [1.82, 2.24) is 9.97 Å². The van der Waals surface area contributed by atoms with Gasteiger partial charge in [0.05, 0.1) is 0 Å². The van der Waals surface area contributed by atoms with Crippen molar-refractivity contribution < 1.29 is 0 Å². The highest BCUT2D eigenvalue weighted by molar-refractivity contribution is 6.28. The quantitative estimate of drug-likeness (QED) is 0.804. The van der Waals surface area contributed by atoms with Crippen LogP contribution in [-0.2, 0) is 0 Å². The Labute approximate surface area is 102 Å². The zero-order chi connectivity index (χ0) is 11.8. The van der Waals surface area contributed by atoms with Crippen LogP contribution in [0, 0.1) is 12.3 Å². The normalized spacial score (nSPS) is 23.4. The van der Waals surface area contributed by atoms with Crippen LogP contribution in [0.5, 0.6) is 0 Å². The number of anilines is 1. The van der Waals surface area contributed by atoms with E-state index in [9.17, 15) is 0 Å². The predicted molar refractivity (Wildman–Crippen MR) is 66.8 cm³/mol. The fourth-order valence-corrected chi connectivity index (χ4v) is 2.46. The third-order valence-electron chi connectivity index (χ3n) is 3.51. The molecule has 0 bridgehead atoms. The molecule has 1 aliphatic carbocycles. The maximum absolute atomic E-state index is 5.81. The molecule has 3 nitrogen and oxygen atoms in total. The van der Waals surface area contributed by atoms with Crippen molar-refractivity contribution in [2.75, 3.05) is 5.32 Å². The Morgan fingerprint density at radius 1 is 1.50 bits per heavy atom. The molecule has 1 saturated carbocycles. The molecule has 2 rings (SSSR count). The van der Waals surface area contributed by atoms with E-state index >= 15 is 0 Å². The van der Waals surface area contributed by atoms with E-state index in [4.69, 9.17) is 11.6 Å². The van der Waals surface area contributed by atoms with Crippen molar-refractivity contribution >= 4 is 17.4 Å². The largest absolute Gasteiger partial charge is 0.366 e. The zero-order valence-corrected chi connectivity index (χ0v) is 10.8. The van der Waals surface area contributed by atoms with E-state index in [1.165, 1.54) is 19.3 Å². The van der Waals surface area contributed by atoms with E-state index in [1.807, 2.05) is 6.92 Å². The van der Waals surface area contributed by atoms with Crippen molar-refractivity contribution in [3.8, 4) is 0 Å². The van der Waals surface area contributed by atoms with E-state index in [0.29, 0.717) is 16.7 Å². The van der Waals surface area contributed by atoms with Gasteiger partial charge in [-0.3, -0.25) is 0 Å². The summed E-state index contributed by atoms with van der Waals surface area (Å²) < 4.78 is 0. The van der Waals surface area contributed by atoms with Gasteiger partial charge in [0.25, 0.3) is 0 Å². The second-order valence-electron chi connectivity index (χ2n) is 5.25. The second kappa shape index (κ2) is 4.21. The lowest BCUT2D eigenvalue weighted by Gasteiger charge is -2.28. The minimum atomic E-state index is 0.309. The van der Waals surface area contributed by atoms with E-state index < -0.39 is 0 Å². The average Bonchev–Trinajstić information content (AvgIpc) is 2.52. The first-order chi connectivity index (χ1) is 7.49. The van der Waals surface area contributed by atoms with E-state index in [-0.39, 0.29) is 0 Å². The van der Waals surface area contributed by atoms with Gasteiger partial charge < -0.3 is 5.32 Å². The Morgan fingerprint density at radius 3 is 2.88 bits per heavy atom. The summed E-state index contributed by atoms with van der Waals surface area (Å²) in [7, 11) is 0. The lowest BCUT2D eigenvalue weighted by Crippen LogP contribution is -2.31. The zero-order valence-electron chi connectivity index (χ0n) is 10.0. The number of nitrogens with one attached hydrogen (secondary N) is 1. The molecule has 0 amide bonds. The summed E-state index contributed by atoms with van der Waals surface area (Å²) in [5, 5.41) is 3.81. The molecule has 88 valence electrons. The van der Waals surface area contributed by atoms with Crippen LogP contribution in [0.25, 0.3) is 0 Å². The molecule has 0 spiro atoms.